The van der Waals surface area contributed by atoms with Gasteiger partial charge in [-0.1, -0.05) is 71.6 Å². The van der Waals surface area contributed by atoms with Crippen molar-refractivity contribution in [3.8, 4) is 5.69 Å². The summed E-state index contributed by atoms with van der Waals surface area (Å²) < 4.78 is 6.95. The molecule has 7 nitrogen and oxygen atoms in total. The number of carbonyl (C=O) groups excluding carboxylic acids is 2. The first-order valence-corrected chi connectivity index (χ1v) is 12.4. The number of rotatable bonds is 13. The number of aromatic nitrogens is 2. The van der Waals surface area contributed by atoms with E-state index < -0.39 is 0 Å². The molecule has 0 saturated carbocycles. The number of anilines is 1. The molecular formula is C27H42N4O3. The molecule has 7 heteroatoms. The molecule has 34 heavy (non-hydrogen) atoms. The highest BCUT2D eigenvalue weighted by Crippen LogP contribution is 2.27. The molecule has 0 radical (unpaired) electrons. The molecule has 2 amide bonds. The maximum absolute atomic E-state index is 13.0. The molecule has 0 aliphatic carbocycles. The number of para-hydroxylation sites is 1. The number of ether oxygens (including phenoxy) is 1. The largest absolute Gasteiger partial charge is 0.383 e. The van der Waals surface area contributed by atoms with Crippen LogP contribution < -0.4 is 5.32 Å². The van der Waals surface area contributed by atoms with Gasteiger partial charge in [0, 0.05) is 31.6 Å². The van der Waals surface area contributed by atoms with E-state index in [2.05, 4.69) is 33.0 Å². The molecule has 1 N–H and O–H groups in total. The molecule has 0 aliphatic heterocycles. The van der Waals surface area contributed by atoms with Gasteiger partial charge in [0.1, 0.15) is 5.82 Å². The van der Waals surface area contributed by atoms with Crippen molar-refractivity contribution in [1.82, 2.24) is 14.7 Å². The molecule has 2 aromatic rings. The van der Waals surface area contributed by atoms with E-state index in [-0.39, 0.29) is 23.8 Å². The highest BCUT2D eigenvalue weighted by atomic mass is 16.5. The molecule has 0 aliphatic rings. The second-order valence-electron chi connectivity index (χ2n) is 9.88. The first kappa shape index (κ1) is 27.6. The maximum atomic E-state index is 13.0. The van der Waals surface area contributed by atoms with Crippen LogP contribution in [-0.4, -0.2) is 53.3 Å². The van der Waals surface area contributed by atoms with Crippen molar-refractivity contribution in [2.75, 3.05) is 32.1 Å². The Kier molecular flexibility index (Phi) is 10.8. The van der Waals surface area contributed by atoms with Gasteiger partial charge in [-0.25, -0.2) is 4.68 Å². The second-order valence-corrected chi connectivity index (χ2v) is 9.88. The standard InChI is InChI=1S/C27H42N4O3/c1-7-8-9-10-11-16-26(33)30(17-18-34-6)20-25(32)28-24-19-23(27(3,4)5)29-31(24)22-15-13-12-14-21(22)2/h12-15,19H,7-11,16-18,20H2,1-6H3,(H,28,32). The molecule has 0 atom stereocenters. The predicted octanol–water partition coefficient (Wildman–Crippen LogP) is 5.25. The average molecular weight is 471 g/mol. The molecule has 0 fully saturated rings. The van der Waals surface area contributed by atoms with Gasteiger partial charge < -0.3 is 15.0 Å². The van der Waals surface area contributed by atoms with Crippen molar-refractivity contribution in [2.45, 2.75) is 78.6 Å². The Labute approximate surface area is 204 Å². The lowest BCUT2D eigenvalue weighted by atomic mass is 9.92. The monoisotopic (exact) mass is 470 g/mol. The Morgan fingerprint density at radius 2 is 1.82 bits per heavy atom. The zero-order valence-corrected chi connectivity index (χ0v) is 21.8. The lowest BCUT2D eigenvalue weighted by Gasteiger charge is -2.22. The Balaban J connectivity index is 2.16. The summed E-state index contributed by atoms with van der Waals surface area (Å²) in [4.78, 5) is 27.5. The third-order valence-corrected chi connectivity index (χ3v) is 5.84. The van der Waals surface area contributed by atoms with E-state index in [9.17, 15) is 9.59 Å². The van der Waals surface area contributed by atoms with Gasteiger partial charge in [-0.3, -0.25) is 9.59 Å². The number of hydrogen-bond acceptors (Lipinski definition) is 4. The van der Waals surface area contributed by atoms with Crippen LogP contribution in [0.15, 0.2) is 30.3 Å². The van der Waals surface area contributed by atoms with Gasteiger partial charge in [-0.2, -0.15) is 5.10 Å². The first-order valence-electron chi connectivity index (χ1n) is 12.4. The third-order valence-electron chi connectivity index (χ3n) is 5.84. The minimum atomic E-state index is -0.245. The fourth-order valence-corrected chi connectivity index (χ4v) is 3.71. The van der Waals surface area contributed by atoms with Crippen LogP contribution in [-0.2, 0) is 19.7 Å². The number of aryl methyl sites for hydroxylation is 1. The van der Waals surface area contributed by atoms with Crippen LogP contribution in [0.25, 0.3) is 5.69 Å². The lowest BCUT2D eigenvalue weighted by molar-refractivity contribution is -0.135. The van der Waals surface area contributed by atoms with Crippen LogP contribution in [0.3, 0.4) is 0 Å². The summed E-state index contributed by atoms with van der Waals surface area (Å²) in [6.07, 6.45) is 5.84. The normalized spacial score (nSPS) is 11.5. The topological polar surface area (TPSA) is 76.5 Å². The number of carbonyl (C=O) groups is 2. The molecule has 0 bridgehead atoms. The van der Waals surface area contributed by atoms with Crippen molar-refractivity contribution >= 4 is 17.6 Å². The summed E-state index contributed by atoms with van der Waals surface area (Å²) >= 11 is 0. The Hall–Kier alpha value is -2.67. The summed E-state index contributed by atoms with van der Waals surface area (Å²) in [5.74, 6) is 0.347. The third kappa shape index (κ3) is 8.28. The zero-order valence-electron chi connectivity index (χ0n) is 21.8. The molecule has 188 valence electrons. The minimum absolute atomic E-state index is 0.00788. The summed E-state index contributed by atoms with van der Waals surface area (Å²) in [6, 6.07) is 9.85. The number of hydrogen-bond donors (Lipinski definition) is 1. The molecular weight excluding hydrogens is 428 g/mol. The van der Waals surface area contributed by atoms with Gasteiger partial charge >= 0.3 is 0 Å². The Morgan fingerprint density at radius 1 is 1.12 bits per heavy atom. The fourth-order valence-electron chi connectivity index (χ4n) is 3.71. The average Bonchev–Trinajstić information content (AvgIpc) is 3.20. The number of amides is 2. The van der Waals surface area contributed by atoms with Gasteiger partial charge in [-0.15, -0.1) is 0 Å². The molecule has 2 rings (SSSR count). The van der Waals surface area contributed by atoms with Crippen molar-refractivity contribution in [2.24, 2.45) is 0 Å². The van der Waals surface area contributed by atoms with E-state index >= 15 is 0 Å². The number of nitrogens with zero attached hydrogens (tertiary/aromatic N) is 3. The summed E-state index contributed by atoms with van der Waals surface area (Å²) in [5, 5.41) is 7.80. The van der Waals surface area contributed by atoms with Crippen molar-refractivity contribution in [3.05, 3.63) is 41.6 Å². The summed E-state index contributed by atoms with van der Waals surface area (Å²) in [6.45, 7) is 11.2. The van der Waals surface area contributed by atoms with Crippen molar-refractivity contribution in [3.63, 3.8) is 0 Å². The fraction of sp³-hybridized carbons (Fsp3) is 0.593. The highest BCUT2D eigenvalue weighted by Gasteiger charge is 2.23. The van der Waals surface area contributed by atoms with E-state index in [0.717, 1.165) is 36.2 Å². The van der Waals surface area contributed by atoms with Gasteiger partial charge in [0.05, 0.1) is 24.5 Å². The number of unbranched alkanes of at least 4 members (excludes halogenated alkanes) is 4. The highest BCUT2D eigenvalue weighted by molar-refractivity contribution is 5.94. The molecule has 1 aromatic carbocycles. The number of nitrogens with one attached hydrogen (secondary N) is 1. The van der Waals surface area contributed by atoms with Crippen LogP contribution in [0.1, 0.15) is 77.5 Å². The van der Waals surface area contributed by atoms with E-state index in [1.54, 1.807) is 16.7 Å². The molecule has 1 heterocycles. The summed E-state index contributed by atoms with van der Waals surface area (Å²) in [7, 11) is 1.60. The molecule has 1 aromatic heterocycles. The van der Waals surface area contributed by atoms with Gasteiger partial charge in [-0.05, 0) is 25.0 Å². The van der Waals surface area contributed by atoms with E-state index in [0.29, 0.717) is 25.4 Å². The van der Waals surface area contributed by atoms with E-state index in [4.69, 9.17) is 9.84 Å². The quantitative estimate of drug-likeness (QED) is 0.406. The van der Waals surface area contributed by atoms with Crippen LogP contribution in [0.4, 0.5) is 5.82 Å². The molecule has 0 spiro atoms. The van der Waals surface area contributed by atoms with Gasteiger partial charge in [0.2, 0.25) is 11.8 Å². The van der Waals surface area contributed by atoms with Crippen LogP contribution in [0, 0.1) is 6.92 Å². The van der Waals surface area contributed by atoms with Crippen molar-refractivity contribution < 1.29 is 14.3 Å². The lowest BCUT2D eigenvalue weighted by Crippen LogP contribution is -2.40. The first-order chi connectivity index (χ1) is 16.2. The van der Waals surface area contributed by atoms with Gasteiger partial charge in [0.25, 0.3) is 0 Å². The summed E-state index contributed by atoms with van der Waals surface area (Å²) in [5.41, 5.74) is 2.67. The van der Waals surface area contributed by atoms with Gasteiger partial charge in [0.15, 0.2) is 0 Å². The smallest absolute Gasteiger partial charge is 0.245 e. The number of methoxy groups -OCH3 is 1. The molecule has 0 saturated heterocycles. The zero-order chi connectivity index (χ0) is 25.1. The number of benzene rings is 1. The van der Waals surface area contributed by atoms with Crippen LogP contribution >= 0.6 is 0 Å². The van der Waals surface area contributed by atoms with Crippen LogP contribution in [0.5, 0.6) is 0 Å². The van der Waals surface area contributed by atoms with Crippen molar-refractivity contribution in [1.29, 1.82) is 0 Å². The molecule has 0 unspecified atom stereocenters. The predicted molar refractivity (Wildman–Crippen MR) is 137 cm³/mol. The van der Waals surface area contributed by atoms with E-state index in [1.807, 2.05) is 37.3 Å². The van der Waals surface area contributed by atoms with E-state index in [1.165, 1.54) is 12.8 Å². The Bertz CT molecular complexity index is 930. The SMILES string of the molecule is CCCCCCCC(=O)N(CCOC)CC(=O)Nc1cc(C(C)(C)C)nn1-c1ccccc1C. The van der Waals surface area contributed by atoms with Crippen LogP contribution in [0.2, 0.25) is 0 Å². The Morgan fingerprint density at radius 3 is 2.47 bits per heavy atom. The maximum Gasteiger partial charge on any atom is 0.245 e. The second kappa shape index (κ2) is 13.3. The minimum Gasteiger partial charge on any atom is -0.383 e.